The molecule has 0 spiro atoms. The van der Waals surface area contributed by atoms with E-state index >= 15 is 0 Å². The van der Waals surface area contributed by atoms with Crippen LogP contribution in [0.25, 0.3) is 0 Å². The van der Waals surface area contributed by atoms with Gasteiger partial charge in [0, 0.05) is 12.1 Å². The van der Waals surface area contributed by atoms with Crippen molar-refractivity contribution in [2.24, 2.45) is 0 Å². The summed E-state index contributed by atoms with van der Waals surface area (Å²) in [5.41, 5.74) is 0.830. The van der Waals surface area contributed by atoms with Crippen molar-refractivity contribution in [3.63, 3.8) is 0 Å². The van der Waals surface area contributed by atoms with Gasteiger partial charge >= 0.3 is 0 Å². The molecule has 1 aliphatic heterocycles. The molecule has 2 unspecified atom stereocenters. The second kappa shape index (κ2) is 4.61. The van der Waals surface area contributed by atoms with Crippen molar-refractivity contribution in [1.29, 1.82) is 0 Å². The van der Waals surface area contributed by atoms with Gasteiger partial charge < -0.3 is 20.3 Å². The quantitative estimate of drug-likeness (QED) is 0.667. The minimum Gasteiger partial charge on any atom is -0.508 e. The Bertz CT molecular complexity index is 329. The smallest absolute Gasteiger partial charge is 0.120 e. The molecule has 2 rings (SSSR count). The van der Waals surface area contributed by atoms with Crippen LogP contribution in [0.5, 0.6) is 5.75 Å². The molecule has 2 atom stereocenters. The van der Waals surface area contributed by atoms with E-state index in [1.54, 1.807) is 12.1 Å². The zero-order chi connectivity index (χ0) is 10.7. The average Bonchev–Trinajstić information content (AvgIpc) is 2.63. The summed E-state index contributed by atoms with van der Waals surface area (Å²) in [6, 6.07) is 7.12. The van der Waals surface area contributed by atoms with Crippen LogP contribution in [0.4, 0.5) is 0 Å². The molecule has 0 saturated carbocycles. The van der Waals surface area contributed by atoms with E-state index in [0.717, 1.165) is 5.56 Å². The van der Waals surface area contributed by atoms with Crippen molar-refractivity contribution < 1.29 is 14.9 Å². The highest BCUT2D eigenvalue weighted by molar-refractivity contribution is 5.31. The van der Waals surface area contributed by atoms with Crippen LogP contribution in [-0.4, -0.2) is 35.6 Å². The fourth-order valence-corrected chi connectivity index (χ4v) is 1.64. The molecule has 1 heterocycles. The van der Waals surface area contributed by atoms with Gasteiger partial charge in [-0.05, 0) is 6.07 Å². The summed E-state index contributed by atoms with van der Waals surface area (Å²) in [5, 5.41) is 22.2. The molecule has 1 aromatic carbocycles. The largest absolute Gasteiger partial charge is 0.508 e. The van der Waals surface area contributed by atoms with Gasteiger partial charge in [-0.15, -0.1) is 0 Å². The molecule has 0 radical (unpaired) electrons. The van der Waals surface area contributed by atoms with E-state index < -0.39 is 6.10 Å². The highest BCUT2D eigenvalue weighted by atomic mass is 16.5. The molecule has 1 fully saturated rings. The van der Waals surface area contributed by atoms with E-state index in [9.17, 15) is 10.2 Å². The van der Waals surface area contributed by atoms with Crippen LogP contribution >= 0.6 is 0 Å². The topological polar surface area (TPSA) is 61.7 Å². The molecule has 4 nitrogen and oxygen atoms in total. The predicted molar refractivity (Wildman–Crippen MR) is 55.6 cm³/mol. The van der Waals surface area contributed by atoms with Gasteiger partial charge in [-0.25, -0.2) is 0 Å². The Morgan fingerprint density at radius 3 is 2.80 bits per heavy atom. The van der Waals surface area contributed by atoms with Crippen molar-refractivity contribution in [2.75, 3.05) is 13.2 Å². The lowest BCUT2D eigenvalue weighted by atomic mass is 10.1. The van der Waals surface area contributed by atoms with Crippen LogP contribution in [0, 0.1) is 0 Å². The summed E-state index contributed by atoms with van der Waals surface area (Å²) in [6.07, 6.45) is -0.448. The van der Waals surface area contributed by atoms with E-state index in [2.05, 4.69) is 5.32 Å². The van der Waals surface area contributed by atoms with Gasteiger partial charge in [-0.2, -0.15) is 0 Å². The molecule has 0 aromatic heterocycles. The number of hydrogen-bond donors (Lipinski definition) is 3. The summed E-state index contributed by atoms with van der Waals surface area (Å²) >= 11 is 0. The molecular weight excluding hydrogens is 194 g/mol. The van der Waals surface area contributed by atoms with Crippen LogP contribution in [-0.2, 0) is 11.3 Å². The number of rotatable bonds is 3. The first kappa shape index (κ1) is 10.4. The first-order chi connectivity index (χ1) is 7.27. The lowest BCUT2D eigenvalue weighted by Gasteiger charge is -2.14. The Morgan fingerprint density at radius 1 is 1.33 bits per heavy atom. The van der Waals surface area contributed by atoms with Crippen molar-refractivity contribution in [2.45, 2.75) is 18.7 Å². The molecule has 4 heteroatoms. The molecule has 82 valence electrons. The minimum atomic E-state index is -0.448. The summed E-state index contributed by atoms with van der Waals surface area (Å²) in [5.74, 6) is 0.276. The van der Waals surface area contributed by atoms with Crippen LogP contribution in [0.3, 0.4) is 0 Å². The fraction of sp³-hybridized carbons (Fsp3) is 0.455. The monoisotopic (exact) mass is 209 g/mol. The molecule has 1 saturated heterocycles. The van der Waals surface area contributed by atoms with E-state index in [4.69, 9.17) is 4.74 Å². The van der Waals surface area contributed by atoms with Crippen molar-refractivity contribution >= 4 is 0 Å². The summed E-state index contributed by atoms with van der Waals surface area (Å²) in [6.45, 7) is 1.45. The van der Waals surface area contributed by atoms with Crippen LogP contribution in [0.15, 0.2) is 24.3 Å². The highest BCUT2D eigenvalue weighted by Crippen LogP contribution is 2.16. The Balaban J connectivity index is 1.90. The van der Waals surface area contributed by atoms with Crippen molar-refractivity contribution in [3.05, 3.63) is 29.8 Å². The third-order valence-electron chi connectivity index (χ3n) is 2.60. The SMILES string of the molecule is Oc1ccccc1CNC1COCC1O. The van der Waals surface area contributed by atoms with E-state index in [-0.39, 0.29) is 11.8 Å². The predicted octanol–water partition coefficient (Wildman–Crippen LogP) is 0.242. The number of nitrogens with one attached hydrogen (secondary N) is 1. The van der Waals surface area contributed by atoms with E-state index in [1.807, 2.05) is 12.1 Å². The average molecular weight is 209 g/mol. The third kappa shape index (κ3) is 2.47. The fourth-order valence-electron chi connectivity index (χ4n) is 1.64. The van der Waals surface area contributed by atoms with Crippen molar-refractivity contribution in [3.8, 4) is 5.75 Å². The Morgan fingerprint density at radius 2 is 2.13 bits per heavy atom. The Labute approximate surface area is 88.5 Å². The summed E-state index contributed by atoms with van der Waals surface area (Å²) in [4.78, 5) is 0. The zero-order valence-corrected chi connectivity index (χ0v) is 8.39. The first-order valence-electron chi connectivity index (χ1n) is 5.03. The summed E-state index contributed by atoms with van der Waals surface area (Å²) < 4.78 is 5.11. The molecular formula is C11H15NO3. The standard InChI is InChI=1S/C11H15NO3/c13-10-4-2-1-3-8(10)5-12-9-6-15-7-11(9)14/h1-4,9,11-14H,5-7H2. The van der Waals surface area contributed by atoms with Crippen molar-refractivity contribution in [1.82, 2.24) is 5.32 Å². The number of aliphatic hydroxyl groups is 1. The van der Waals surface area contributed by atoms with E-state index in [1.165, 1.54) is 0 Å². The van der Waals surface area contributed by atoms with Gasteiger partial charge in [0.05, 0.1) is 25.4 Å². The second-order valence-electron chi connectivity index (χ2n) is 3.72. The van der Waals surface area contributed by atoms with Gasteiger partial charge in [0.2, 0.25) is 0 Å². The van der Waals surface area contributed by atoms with Crippen LogP contribution in [0.1, 0.15) is 5.56 Å². The van der Waals surface area contributed by atoms with Gasteiger partial charge in [0.1, 0.15) is 5.75 Å². The number of benzene rings is 1. The lowest BCUT2D eigenvalue weighted by molar-refractivity contribution is 0.122. The van der Waals surface area contributed by atoms with Gasteiger partial charge in [0.25, 0.3) is 0 Å². The maximum absolute atomic E-state index is 9.52. The van der Waals surface area contributed by atoms with E-state index in [0.29, 0.717) is 19.8 Å². The third-order valence-corrected chi connectivity index (χ3v) is 2.60. The number of aliphatic hydroxyl groups excluding tert-OH is 1. The first-order valence-corrected chi connectivity index (χ1v) is 5.03. The second-order valence-corrected chi connectivity index (χ2v) is 3.72. The minimum absolute atomic E-state index is 0.0374. The molecule has 15 heavy (non-hydrogen) atoms. The number of hydrogen-bond acceptors (Lipinski definition) is 4. The number of aromatic hydroxyl groups is 1. The lowest BCUT2D eigenvalue weighted by Crippen LogP contribution is -2.38. The van der Waals surface area contributed by atoms with Gasteiger partial charge in [-0.1, -0.05) is 18.2 Å². The molecule has 3 N–H and O–H groups in total. The normalized spacial score (nSPS) is 25.7. The Hall–Kier alpha value is -1.10. The van der Waals surface area contributed by atoms with Crippen LogP contribution < -0.4 is 5.32 Å². The molecule has 0 bridgehead atoms. The maximum atomic E-state index is 9.52. The summed E-state index contributed by atoms with van der Waals surface area (Å²) in [7, 11) is 0. The van der Waals surface area contributed by atoms with Gasteiger partial charge in [-0.3, -0.25) is 0 Å². The molecule has 1 aliphatic rings. The van der Waals surface area contributed by atoms with Gasteiger partial charge in [0.15, 0.2) is 0 Å². The number of phenolic OH excluding ortho intramolecular Hbond substituents is 1. The Kier molecular flexibility index (Phi) is 3.20. The van der Waals surface area contributed by atoms with Crippen LogP contribution in [0.2, 0.25) is 0 Å². The number of para-hydroxylation sites is 1. The highest BCUT2D eigenvalue weighted by Gasteiger charge is 2.25. The molecule has 1 aromatic rings. The number of phenols is 1. The number of ether oxygens (including phenoxy) is 1. The zero-order valence-electron chi connectivity index (χ0n) is 8.39. The molecule has 0 amide bonds. The maximum Gasteiger partial charge on any atom is 0.120 e. The molecule has 0 aliphatic carbocycles.